The summed E-state index contributed by atoms with van der Waals surface area (Å²) in [5, 5.41) is 0. The lowest BCUT2D eigenvalue weighted by atomic mass is 10.1. The molecule has 30 heavy (non-hydrogen) atoms. The van der Waals surface area contributed by atoms with Gasteiger partial charge >= 0.3 is 0 Å². The molecular weight excluding hydrogens is 404 g/mol. The van der Waals surface area contributed by atoms with Crippen LogP contribution in [0.2, 0.25) is 0 Å². The van der Waals surface area contributed by atoms with Crippen LogP contribution in [0.15, 0.2) is 47.4 Å². The molecule has 0 aromatic heterocycles. The normalized spacial score (nSPS) is 16.2. The van der Waals surface area contributed by atoms with E-state index >= 15 is 0 Å². The van der Waals surface area contributed by atoms with Gasteiger partial charge in [0.05, 0.1) is 10.6 Å². The minimum atomic E-state index is -3.99. The van der Waals surface area contributed by atoms with Gasteiger partial charge in [0.25, 0.3) is 10.0 Å². The van der Waals surface area contributed by atoms with Gasteiger partial charge in [0.2, 0.25) is 5.91 Å². The zero-order chi connectivity index (χ0) is 21.1. The molecule has 8 heteroatoms. The molecule has 1 saturated heterocycles. The van der Waals surface area contributed by atoms with Crippen LogP contribution in [0.3, 0.4) is 0 Å². The second-order valence-electron chi connectivity index (χ2n) is 7.60. The van der Waals surface area contributed by atoms with Gasteiger partial charge in [-0.05, 0) is 56.0 Å². The van der Waals surface area contributed by atoms with Crippen molar-refractivity contribution in [2.24, 2.45) is 0 Å². The predicted molar refractivity (Wildman–Crippen MR) is 114 cm³/mol. The van der Waals surface area contributed by atoms with Gasteiger partial charge in [-0.25, -0.2) is 8.42 Å². The van der Waals surface area contributed by atoms with Gasteiger partial charge in [0.15, 0.2) is 11.5 Å². The number of fused-ring (bicyclic) bond motifs is 1. The molecule has 0 atom stereocenters. The highest BCUT2D eigenvalue weighted by molar-refractivity contribution is 7.92. The largest absolute Gasteiger partial charge is 0.486 e. The van der Waals surface area contributed by atoms with Crippen molar-refractivity contribution in [3.63, 3.8) is 0 Å². The Hall–Kier alpha value is -2.74. The number of amides is 1. The van der Waals surface area contributed by atoms with E-state index in [9.17, 15) is 13.2 Å². The summed E-state index contributed by atoms with van der Waals surface area (Å²) in [6.45, 7) is 3.80. The third kappa shape index (κ3) is 4.23. The van der Waals surface area contributed by atoms with E-state index in [2.05, 4.69) is 0 Å². The molecule has 2 aliphatic heterocycles. The average molecular weight is 431 g/mol. The van der Waals surface area contributed by atoms with Crippen molar-refractivity contribution in [3.8, 4) is 11.5 Å². The number of aryl methyl sites for hydroxylation is 1. The maximum Gasteiger partial charge on any atom is 0.264 e. The minimum absolute atomic E-state index is 0.0692. The van der Waals surface area contributed by atoms with E-state index in [1.54, 1.807) is 29.2 Å². The molecule has 1 fully saturated rings. The Labute approximate surface area is 177 Å². The molecule has 0 saturated carbocycles. The summed E-state index contributed by atoms with van der Waals surface area (Å²) in [6.07, 6.45) is 3.00. The fourth-order valence-electron chi connectivity index (χ4n) is 3.78. The Morgan fingerprint density at radius 1 is 1.00 bits per heavy atom. The Balaban J connectivity index is 1.69. The van der Waals surface area contributed by atoms with Crippen molar-refractivity contribution >= 4 is 21.6 Å². The molecule has 2 heterocycles. The van der Waals surface area contributed by atoms with Crippen LogP contribution in [-0.4, -0.2) is 52.1 Å². The van der Waals surface area contributed by atoms with E-state index in [0.29, 0.717) is 43.5 Å². The molecule has 4 rings (SSSR count). The van der Waals surface area contributed by atoms with Crippen molar-refractivity contribution in [2.45, 2.75) is 31.1 Å². The second kappa shape index (κ2) is 8.55. The third-order valence-electron chi connectivity index (χ3n) is 5.38. The average Bonchev–Trinajstić information content (AvgIpc) is 2.77. The highest BCUT2D eigenvalue weighted by Crippen LogP contribution is 2.34. The molecule has 160 valence electrons. The quantitative estimate of drug-likeness (QED) is 0.729. The van der Waals surface area contributed by atoms with Gasteiger partial charge in [-0.2, -0.15) is 0 Å². The van der Waals surface area contributed by atoms with Crippen LogP contribution in [0, 0.1) is 6.92 Å². The van der Waals surface area contributed by atoms with Crippen molar-refractivity contribution in [2.75, 3.05) is 37.2 Å². The molecule has 0 radical (unpaired) electrons. The topological polar surface area (TPSA) is 76.2 Å². The van der Waals surface area contributed by atoms with Crippen LogP contribution in [0.4, 0.5) is 5.69 Å². The smallest absolute Gasteiger partial charge is 0.264 e. The number of nitrogens with zero attached hydrogens (tertiary/aromatic N) is 2. The molecule has 0 unspecified atom stereocenters. The van der Waals surface area contributed by atoms with Gasteiger partial charge < -0.3 is 14.4 Å². The number of carbonyl (C=O) groups is 1. The Morgan fingerprint density at radius 3 is 2.47 bits per heavy atom. The standard InChI is InChI=1S/C22H26N2O5S/c1-17-6-5-7-18(14-17)24(16-22(25)23-10-3-2-4-11-23)30(26,27)19-8-9-20-21(15-19)29-13-12-28-20/h5-9,14-15H,2-4,10-13,16H2,1H3. The summed E-state index contributed by atoms with van der Waals surface area (Å²) in [7, 11) is -3.99. The molecule has 2 aliphatic rings. The van der Waals surface area contributed by atoms with Crippen LogP contribution in [0.25, 0.3) is 0 Å². The lowest BCUT2D eigenvalue weighted by molar-refractivity contribution is -0.130. The maximum atomic E-state index is 13.6. The van der Waals surface area contributed by atoms with E-state index in [1.807, 2.05) is 13.0 Å². The van der Waals surface area contributed by atoms with Crippen LogP contribution in [0.1, 0.15) is 24.8 Å². The summed E-state index contributed by atoms with van der Waals surface area (Å²) in [5.41, 5.74) is 1.38. The first-order valence-electron chi connectivity index (χ1n) is 10.2. The van der Waals surface area contributed by atoms with Crippen molar-refractivity contribution in [1.82, 2.24) is 4.90 Å². The Kier molecular flexibility index (Phi) is 5.85. The molecule has 0 spiro atoms. The number of rotatable bonds is 5. The highest BCUT2D eigenvalue weighted by atomic mass is 32.2. The van der Waals surface area contributed by atoms with Gasteiger partial charge in [-0.3, -0.25) is 9.10 Å². The SMILES string of the molecule is Cc1cccc(N(CC(=O)N2CCCCC2)S(=O)(=O)c2ccc3c(c2)OCCO3)c1. The Morgan fingerprint density at radius 2 is 1.73 bits per heavy atom. The zero-order valence-corrected chi connectivity index (χ0v) is 17.9. The third-order valence-corrected chi connectivity index (χ3v) is 7.15. The van der Waals surface area contributed by atoms with Gasteiger partial charge in [-0.1, -0.05) is 12.1 Å². The van der Waals surface area contributed by atoms with Crippen LogP contribution < -0.4 is 13.8 Å². The van der Waals surface area contributed by atoms with Gasteiger partial charge in [0.1, 0.15) is 19.8 Å². The Bertz CT molecular complexity index is 1030. The van der Waals surface area contributed by atoms with E-state index in [4.69, 9.17) is 9.47 Å². The fourth-order valence-corrected chi connectivity index (χ4v) is 5.20. The molecule has 2 aromatic carbocycles. The molecule has 7 nitrogen and oxygen atoms in total. The van der Waals surface area contributed by atoms with E-state index in [-0.39, 0.29) is 17.3 Å². The summed E-state index contributed by atoms with van der Waals surface area (Å²) < 4.78 is 39.5. The predicted octanol–water partition coefficient (Wildman–Crippen LogP) is 2.97. The molecule has 1 amide bonds. The number of carbonyl (C=O) groups excluding carboxylic acids is 1. The second-order valence-corrected chi connectivity index (χ2v) is 9.46. The zero-order valence-electron chi connectivity index (χ0n) is 17.0. The van der Waals surface area contributed by atoms with E-state index in [1.165, 1.54) is 16.4 Å². The highest BCUT2D eigenvalue weighted by Gasteiger charge is 2.30. The van der Waals surface area contributed by atoms with Crippen molar-refractivity contribution < 1.29 is 22.7 Å². The van der Waals surface area contributed by atoms with E-state index < -0.39 is 10.0 Å². The number of ether oxygens (including phenoxy) is 2. The molecule has 0 bridgehead atoms. The first-order chi connectivity index (χ1) is 14.4. The molecule has 0 aliphatic carbocycles. The first kappa shape index (κ1) is 20.5. The molecule has 2 aromatic rings. The molecular formula is C22H26N2O5S. The lowest BCUT2D eigenvalue weighted by Gasteiger charge is -2.31. The van der Waals surface area contributed by atoms with E-state index in [0.717, 1.165) is 24.8 Å². The lowest BCUT2D eigenvalue weighted by Crippen LogP contribution is -2.44. The van der Waals surface area contributed by atoms with Gasteiger partial charge in [-0.15, -0.1) is 0 Å². The number of likely N-dealkylation sites (tertiary alicyclic amines) is 1. The number of piperidine rings is 1. The maximum absolute atomic E-state index is 13.6. The van der Waals surface area contributed by atoms with Crippen LogP contribution in [-0.2, 0) is 14.8 Å². The summed E-state index contributed by atoms with van der Waals surface area (Å²) >= 11 is 0. The number of hydrogen-bond donors (Lipinski definition) is 0. The number of anilines is 1. The number of benzene rings is 2. The monoisotopic (exact) mass is 430 g/mol. The molecule has 0 N–H and O–H groups in total. The summed E-state index contributed by atoms with van der Waals surface area (Å²) in [4.78, 5) is 14.8. The minimum Gasteiger partial charge on any atom is -0.486 e. The number of hydrogen-bond acceptors (Lipinski definition) is 5. The van der Waals surface area contributed by atoms with Crippen LogP contribution >= 0.6 is 0 Å². The fraction of sp³-hybridized carbons (Fsp3) is 0.409. The first-order valence-corrected chi connectivity index (χ1v) is 11.7. The summed E-state index contributed by atoms with van der Waals surface area (Å²) in [6, 6.07) is 11.7. The number of sulfonamides is 1. The van der Waals surface area contributed by atoms with Crippen LogP contribution in [0.5, 0.6) is 11.5 Å². The van der Waals surface area contributed by atoms with Crippen molar-refractivity contribution in [3.05, 3.63) is 48.0 Å². The summed E-state index contributed by atoms with van der Waals surface area (Å²) in [5.74, 6) is 0.734. The van der Waals surface area contributed by atoms with Gasteiger partial charge in [0, 0.05) is 19.2 Å². The van der Waals surface area contributed by atoms with Crippen molar-refractivity contribution in [1.29, 1.82) is 0 Å².